The first-order valence-electron chi connectivity index (χ1n) is 5.63. The zero-order chi connectivity index (χ0) is 14.0. The lowest BCUT2D eigenvalue weighted by atomic mass is 10.1. The van der Waals surface area contributed by atoms with Gasteiger partial charge in [0.25, 0.3) is 0 Å². The predicted molar refractivity (Wildman–Crippen MR) is 71.3 cm³/mol. The van der Waals surface area contributed by atoms with E-state index in [1.165, 1.54) is 12.1 Å². The van der Waals surface area contributed by atoms with E-state index < -0.39 is 4.92 Å². The van der Waals surface area contributed by atoms with Gasteiger partial charge in [-0.3, -0.25) is 10.1 Å². The van der Waals surface area contributed by atoms with Crippen molar-refractivity contribution in [1.82, 2.24) is 4.98 Å². The summed E-state index contributed by atoms with van der Waals surface area (Å²) in [6.45, 7) is 3.76. The minimum atomic E-state index is -0.549. The molecular formula is C13H13N3O3. The van der Waals surface area contributed by atoms with E-state index >= 15 is 0 Å². The molecule has 2 N–H and O–H groups in total. The maximum atomic E-state index is 10.9. The van der Waals surface area contributed by atoms with Crippen LogP contribution in [0.2, 0.25) is 0 Å². The highest BCUT2D eigenvalue weighted by Gasteiger charge is 2.18. The Balaban J connectivity index is 2.45. The van der Waals surface area contributed by atoms with Crippen molar-refractivity contribution in [1.29, 1.82) is 0 Å². The summed E-state index contributed by atoms with van der Waals surface area (Å²) in [5, 5.41) is 10.9. The molecule has 0 saturated heterocycles. The van der Waals surface area contributed by atoms with Gasteiger partial charge in [-0.05, 0) is 37.1 Å². The number of hydrogen-bond donors (Lipinski definition) is 1. The number of hydrogen-bond acceptors (Lipinski definition) is 5. The van der Waals surface area contributed by atoms with Crippen molar-refractivity contribution >= 4 is 11.5 Å². The van der Waals surface area contributed by atoms with E-state index in [0.29, 0.717) is 5.75 Å². The molecule has 1 aromatic heterocycles. The number of aryl methyl sites for hydroxylation is 2. The Morgan fingerprint density at radius 1 is 1.26 bits per heavy atom. The Hall–Kier alpha value is -2.63. The molecule has 1 heterocycles. The Labute approximate surface area is 110 Å². The number of nitrogen functional groups attached to an aromatic ring is 1. The van der Waals surface area contributed by atoms with Crippen LogP contribution in [0.1, 0.15) is 11.1 Å². The van der Waals surface area contributed by atoms with E-state index in [9.17, 15) is 10.1 Å². The third-order valence-corrected chi connectivity index (χ3v) is 2.61. The Bertz CT molecular complexity index is 641. The van der Waals surface area contributed by atoms with Crippen LogP contribution >= 0.6 is 0 Å². The summed E-state index contributed by atoms with van der Waals surface area (Å²) < 4.78 is 5.53. The highest BCUT2D eigenvalue weighted by molar-refractivity contribution is 5.49. The first-order chi connectivity index (χ1) is 8.97. The average molecular weight is 259 g/mol. The van der Waals surface area contributed by atoms with Crippen LogP contribution in [-0.4, -0.2) is 9.91 Å². The number of pyridine rings is 1. The van der Waals surface area contributed by atoms with Gasteiger partial charge in [-0.2, -0.15) is 4.98 Å². The van der Waals surface area contributed by atoms with Crippen LogP contribution in [-0.2, 0) is 0 Å². The molecule has 19 heavy (non-hydrogen) atoms. The molecule has 0 amide bonds. The molecule has 0 atom stereocenters. The number of benzene rings is 1. The smallest absolute Gasteiger partial charge is 0.331 e. The van der Waals surface area contributed by atoms with Crippen LogP contribution in [0.4, 0.5) is 11.5 Å². The molecule has 6 heteroatoms. The molecule has 6 nitrogen and oxygen atoms in total. The molecule has 0 aliphatic rings. The largest absolute Gasteiger partial charge is 0.433 e. The SMILES string of the molecule is Cc1ccc(C)c(Oc2nc(N)ccc2[N+](=O)[O-])c1. The minimum absolute atomic E-state index is 0.0984. The third kappa shape index (κ3) is 2.79. The van der Waals surface area contributed by atoms with Crippen molar-refractivity contribution in [2.75, 3.05) is 5.73 Å². The van der Waals surface area contributed by atoms with Gasteiger partial charge in [0.1, 0.15) is 11.6 Å². The highest BCUT2D eigenvalue weighted by atomic mass is 16.6. The molecule has 0 bridgehead atoms. The van der Waals surface area contributed by atoms with E-state index in [-0.39, 0.29) is 17.4 Å². The van der Waals surface area contributed by atoms with Gasteiger partial charge in [0.15, 0.2) is 0 Å². The molecule has 0 fully saturated rings. The minimum Gasteiger partial charge on any atom is -0.433 e. The number of nitrogens with two attached hydrogens (primary N) is 1. The second kappa shape index (κ2) is 4.93. The maximum absolute atomic E-state index is 10.9. The van der Waals surface area contributed by atoms with Gasteiger partial charge in [-0.1, -0.05) is 12.1 Å². The first kappa shape index (κ1) is 12.8. The quantitative estimate of drug-likeness (QED) is 0.675. The van der Waals surface area contributed by atoms with Gasteiger partial charge in [-0.25, -0.2) is 0 Å². The zero-order valence-corrected chi connectivity index (χ0v) is 10.6. The van der Waals surface area contributed by atoms with Crippen molar-refractivity contribution in [3.63, 3.8) is 0 Å². The first-order valence-corrected chi connectivity index (χ1v) is 5.63. The Morgan fingerprint density at radius 2 is 2.00 bits per heavy atom. The van der Waals surface area contributed by atoms with E-state index in [2.05, 4.69) is 4.98 Å². The third-order valence-electron chi connectivity index (χ3n) is 2.61. The number of rotatable bonds is 3. The van der Waals surface area contributed by atoms with Crippen LogP contribution in [0, 0.1) is 24.0 Å². The topological polar surface area (TPSA) is 91.3 Å². The molecule has 0 aliphatic carbocycles. The summed E-state index contributed by atoms with van der Waals surface area (Å²) >= 11 is 0. The average Bonchev–Trinajstić information content (AvgIpc) is 2.33. The fourth-order valence-corrected chi connectivity index (χ4v) is 1.58. The normalized spacial score (nSPS) is 10.2. The zero-order valence-electron chi connectivity index (χ0n) is 10.6. The second-order valence-electron chi connectivity index (χ2n) is 4.19. The van der Waals surface area contributed by atoms with E-state index in [1.807, 2.05) is 26.0 Å². The van der Waals surface area contributed by atoms with Gasteiger partial charge >= 0.3 is 11.6 Å². The van der Waals surface area contributed by atoms with Gasteiger partial charge in [0.05, 0.1) is 4.92 Å². The molecule has 2 aromatic rings. The molecular weight excluding hydrogens is 246 g/mol. The van der Waals surface area contributed by atoms with E-state index in [0.717, 1.165) is 11.1 Å². The molecule has 0 saturated carbocycles. The molecule has 0 aliphatic heterocycles. The summed E-state index contributed by atoms with van der Waals surface area (Å²) in [7, 11) is 0. The Morgan fingerprint density at radius 3 is 2.68 bits per heavy atom. The predicted octanol–water partition coefficient (Wildman–Crippen LogP) is 2.98. The van der Waals surface area contributed by atoms with Crippen LogP contribution in [0.15, 0.2) is 30.3 Å². The number of aromatic nitrogens is 1. The molecule has 0 unspecified atom stereocenters. The fraction of sp³-hybridized carbons (Fsp3) is 0.154. The lowest BCUT2D eigenvalue weighted by Gasteiger charge is -2.09. The van der Waals surface area contributed by atoms with Gasteiger partial charge in [-0.15, -0.1) is 0 Å². The number of ether oxygens (including phenoxy) is 1. The lowest BCUT2D eigenvalue weighted by molar-refractivity contribution is -0.386. The second-order valence-corrected chi connectivity index (χ2v) is 4.19. The summed E-state index contributed by atoms with van der Waals surface area (Å²) in [6.07, 6.45) is 0. The van der Waals surface area contributed by atoms with Crippen LogP contribution < -0.4 is 10.5 Å². The molecule has 0 spiro atoms. The van der Waals surface area contributed by atoms with Gasteiger partial charge in [0.2, 0.25) is 0 Å². The van der Waals surface area contributed by atoms with Crippen LogP contribution in [0.5, 0.6) is 11.6 Å². The lowest BCUT2D eigenvalue weighted by Crippen LogP contribution is -1.99. The number of nitrogens with zero attached hydrogens (tertiary/aromatic N) is 2. The highest BCUT2D eigenvalue weighted by Crippen LogP contribution is 2.32. The van der Waals surface area contributed by atoms with Crippen molar-refractivity contribution in [3.8, 4) is 11.6 Å². The van der Waals surface area contributed by atoms with Crippen molar-refractivity contribution < 1.29 is 9.66 Å². The van der Waals surface area contributed by atoms with E-state index in [4.69, 9.17) is 10.5 Å². The molecule has 1 aromatic carbocycles. The number of nitro groups is 1. The van der Waals surface area contributed by atoms with Crippen LogP contribution in [0.3, 0.4) is 0 Å². The molecule has 0 radical (unpaired) electrons. The monoisotopic (exact) mass is 259 g/mol. The van der Waals surface area contributed by atoms with Gasteiger partial charge < -0.3 is 10.5 Å². The summed E-state index contributed by atoms with van der Waals surface area (Å²) in [5.41, 5.74) is 7.18. The van der Waals surface area contributed by atoms with Gasteiger partial charge in [0, 0.05) is 6.07 Å². The fourth-order valence-electron chi connectivity index (χ4n) is 1.58. The van der Waals surface area contributed by atoms with Crippen molar-refractivity contribution in [2.45, 2.75) is 13.8 Å². The van der Waals surface area contributed by atoms with Crippen LogP contribution in [0.25, 0.3) is 0 Å². The number of anilines is 1. The summed E-state index contributed by atoms with van der Waals surface area (Å²) in [5.74, 6) is 0.603. The molecule has 2 rings (SSSR count). The van der Waals surface area contributed by atoms with E-state index in [1.54, 1.807) is 6.07 Å². The standard InChI is InChI=1S/C13H13N3O3/c1-8-3-4-9(2)11(7-8)19-13-10(16(17)18)5-6-12(14)15-13/h3-7H,1-2H3,(H2,14,15). The van der Waals surface area contributed by atoms with Crippen molar-refractivity contribution in [3.05, 3.63) is 51.6 Å². The summed E-state index contributed by atoms with van der Waals surface area (Å²) in [6, 6.07) is 8.26. The van der Waals surface area contributed by atoms with Crippen molar-refractivity contribution in [2.24, 2.45) is 0 Å². The maximum Gasteiger partial charge on any atom is 0.331 e. The summed E-state index contributed by atoms with van der Waals surface area (Å²) in [4.78, 5) is 14.2. The Kier molecular flexibility index (Phi) is 3.33. The molecule has 98 valence electrons.